The van der Waals surface area contributed by atoms with Crippen molar-refractivity contribution in [1.29, 1.82) is 0 Å². The second-order valence-electron chi connectivity index (χ2n) is 3.69. The number of rotatable bonds is 6. The molecule has 0 amide bonds. The first-order valence-electron chi connectivity index (χ1n) is 5.28. The number of nitrogens with one attached hydrogen (secondary N) is 1. The van der Waals surface area contributed by atoms with E-state index < -0.39 is 16.0 Å². The van der Waals surface area contributed by atoms with E-state index in [-0.39, 0.29) is 22.6 Å². The van der Waals surface area contributed by atoms with Crippen LogP contribution in [-0.4, -0.2) is 46.2 Å². The highest BCUT2D eigenvalue weighted by Crippen LogP contribution is 2.32. The summed E-state index contributed by atoms with van der Waals surface area (Å²) in [6, 6.07) is 2.92. The fourth-order valence-electron chi connectivity index (χ4n) is 1.46. The van der Waals surface area contributed by atoms with Crippen LogP contribution < -0.4 is 14.3 Å². The van der Waals surface area contributed by atoms with E-state index in [1.54, 1.807) is 0 Å². The van der Waals surface area contributed by atoms with Crippen molar-refractivity contribution in [2.24, 2.45) is 5.10 Å². The summed E-state index contributed by atoms with van der Waals surface area (Å²) < 4.78 is 31.8. The fourth-order valence-corrected chi connectivity index (χ4v) is 1.71. The van der Waals surface area contributed by atoms with Crippen molar-refractivity contribution in [3.63, 3.8) is 0 Å². The summed E-state index contributed by atoms with van der Waals surface area (Å²) in [7, 11) is -0.824. The number of aromatic carboxylic acids is 1. The van der Waals surface area contributed by atoms with Gasteiger partial charge in [-0.15, -0.1) is 0 Å². The maximum absolute atomic E-state index is 11.3. The lowest BCUT2D eigenvalue weighted by molar-refractivity contribution is 0.0692. The Morgan fingerprint density at radius 2 is 2.00 bits per heavy atom. The van der Waals surface area contributed by atoms with Crippen LogP contribution in [0.25, 0.3) is 0 Å². The molecule has 0 saturated heterocycles. The zero-order valence-electron chi connectivity index (χ0n) is 11.1. The number of carboxylic acid groups (broad SMARTS) is 1. The SMILES string of the molecule is COc1ccc(/C=N\NS(C)(=O)=O)c(C(=O)O)c1OC. The second kappa shape index (κ2) is 6.24. The molecule has 1 rings (SSSR count). The van der Waals surface area contributed by atoms with Crippen molar-refractivity contribution < 1.29 is 27.8 Å². The van der Waals surface area contributed by atoms with Crippen molar-refractivity contribution in [1.82, 2.24) is 4.83 Å². The summed E-state index contributed by atoms with van der Waals surface area (Å²) in [4.78, 5) is 13.2. The van der Waals surface area contributed by atoms with Crippen LogP contribution in [0.15, 0.2) is 17.2 Å². The van der Waals surface area contributed by atoms with Crippen molar-refractivity contribution in [2.75, 3.05) is 20.5 Å². The molecular weight excluding hydrogens is 288 g/mol. The molecule has 0 bridgehead atoms. The smallest absolute Gasteiger partial charge is 0.340 e. The number of benzene rings is 1. The summed E-state index contributed by atoms with van der Waals surface area (Å²) in [6.45, 7) is 0. The lowest BCUT2D eigenvalue weighted by Gasteiger charge is -2.12. The van der Waals surface area contributed by atoms with E-state index in [9.17, 15) is 18.3 Å². The largest absolute Gasteiger partial charge is 0.493 e. The highest BCUT2D eigenvalue weighted by atomic mass is 32.2. The highest BCUT2D eigenvalue weighted by molar-refractivity contribution is 7.88. The Morgan fingerprint density at radius 1 is 1.35 bits per heavy atom. The average Bonchev–Trinajstić information content (AvgIpc) is 2.35. The summed E-state index contributed by atoms with van der Waals surface area (Å²) >= 11 is 0. The molecule has 0 saturated carbocycles. The van der Waals surface area contributed by atoms with Crippen LogP contribution in [0.1, 0.15) is 15.9 Å². The summed E-state index contributed by atoms with van der Waals surface area (Å²) in [5.41, 5.74) is -0.00259. The maximum Gasteiger partial charge on any atom is 0.340 e. The zero-order chi connectivity index (χ0) is 15.3. The number of carbonyl (C=O) groups is 1. The number of hydrazone groups is 1. The summed E-state index contributed by atoms with van der Waals surface area (Å²) in [5.74, 6) is -0.969. The van der Waals surface area contributed by atoms with Crippen LogP contribution in [-0.2, 0) is 10.0 Å². The molecule has 0 radical (unpaired) electrons. The Hall–Kier alpha value is -2.29. The van der Waals surface area contributed by atoms with Crippen molar-refractivity contribution in [3.8, 4) is 11.5 Å². The molecule has 8 nitrogen and oxygen atoms in total. The predicted octanol–water partition coefficient (Wildman–Crippen LogP) is 0.285. The number of nitrogens with zero attached hydrogens (tertiary/aromatic N) is 1. The molecule has 9 heteroatoms. The Kier molecular flexibility index (Phi) is 4.92. The van der Waals surface area contributed by atoms with Crippen LogP contribution in [0.3, 0.4) is 0 Å². The number of hydrogen-bond donors (Lipinski definition) is 2. The minimum absolute atomic E-state index is 0.0308. The van der Waals surface area contributed by atoms with Gasteiger partial charge in [-0.05, 0) is 12.1 Å². The van der Waals surface area contributed by atoms with E-state index in [1.165, 1.54) is 26.4 Å². The number of sulfonamides is 1. The van der Waals surface area contributed by atoms with E-state index in [4.69, 9.17) is 9.47 Å². The predicted molar refractivity (Wildman–Crippen MR) is 72.1 cm³/mol. The molecule has 0 aliphatic carbocycles. The molecule has 0 atom stereocenters. The minimum Gasteiger partial charge on any atom is -0.493 e. The monoisotopic (exact) mass is 302 g/mol. The van der Waals surface area contributed by atoms with Gasteiger partial charge in [-0.3, -0.25) is 0 Å². The molecule has 0 aromatic heterocycles. The lowest BCUT2D eigenvalue weighted by Crippen LogP contribution is -2.16. The first-order valence-corrected chi connectivity index (χ1v) is 7.17. The third-order valence-corrected chi connectivity index (χ3v) is 2.65. The standard InChI is InChI=1S/C11H14N2O6S/c1-18-8-5-4-7(6-12-13-20(3,16)17)9(11(14)15)10(8)19-2/h4-6,13H,1-3H3,(H,14,15)/b12-6-. The molecule has 1 aromatic rings. The fraction of sp³-hybridized carbons (Fsp3) is 0.273. The second-order valence-corrected chi connectivity index (χ2v) is 5.42. The van der Waals surface area contributed by atoms with Crippen LogP contribution in [0.4, 0.5) is 0 Å². The van der Waals surface area contributed by atoms with Gasteiger partial charge in [0.15, 0.2) is 11.5 Å². The number of carboxylic acids is 1. The third kappa shape index (κ3) is 3.85. The van der Waals surface area contributed by atoms with Crippen molar-refractivity contribution in [2.45, 2.75) is 0 Å². The lowest BCUT2D eigenvalue weighted by atomic mass is 10.1. The van der Waals surface area contributed by atoms with Gasteiger partial charge < -0.3 is 14.6 Å². The molecule has 2 N–H and O–H groups in total. The third-order valence-electron chi connectivity index (χ3n) is 2.21. The minimum atomic E-state index is -3.51. The molecular formula is C11H14N2O6S. The number of hydrogen-bond acceptors (Lipinski definition) is 6. The molecule has 0 spiro atoms. The van der Waals surface area contributed by atoms with Gasteiger partial charge in [-0.1, -0.05) is 0 Å². The van der Waals surface area contributed by atoms with E-state index in [0.717, 1.165) is 12.5 Å². The molecule has 0 aliphatic heterocycles. The van der Waals surface area contributed by atoms with Crippen molar-refractivity contribution in [3.05, 3.63) is 23.3 Å². The summed E-state index contributed by atoms with van der Waals surface area (Å²) in [6.07, 6.45) is 2.00. The Morgan fingerprint density at radius 3 is 2.45 bits per heavy atom. The van der Waals surface area contributed by atoms with Gasteiger partial charge in [0.05, 0.1) is 26.7 Å². The van der Waals surface area contributed by atoms with Crippen LogP contribution in [0.2, 0.25) is 0 Å². The molecule has 0 heterocycles. The van der Waals surface area contributed by atoms with Crippen LogP contribution >= 0.6 is 0 Å². The van der Waals surface area contributed by atoms with Gasteiger partial charge in [0, 0.05) is 5.56 Å². The van der Waals surface area contributed by atoms with Gasteiger partial charge in [0.2, 0.25) is 10.0 Å². The molecule has 0 aliphatic rings. The number of methoxy groups -OCH3 is 2. The van der Waals surface area contributed by atoms with Gasteiger partial charge in [0.1, 0.15) is 5.56 Å². The first kappa shape index (κ1) is 15.8. The first-order chi connectivity index (χ1) is 9.30. The van der Waals surface area contributed by atoms with E-state index >= 15 is 0 Å². The number of ether oxygens (including phenoxy) is 2. The van der Waals surface area contributed by atoms with E-state index in [1.807, 2.05) is 4.83 Å². The highest BCUT2D eigenvalue weighted by Gasteiger charge is 2.20. The zero-order valence-corrected chi connectivity index (χ0v) is 11.9. The maximum atomic E-state index is 11.3. The molecule has 20 heavy (non-hydrogen) atoms. The Bertz CT molecular complexity index is 639. The summed E-state index contributed by atoms with van der Waals surface area (Å²) in [5, 5.41) is 12.7. The van der Waals surface area contributed by atoms with E-state index in [0.29, 0.717) is 0 Å². The topological polar surface area (TPSA) is 114 Å². The molecule has 0 fully saturated rings. The molecule has 110 valence electrons. The van der Waals surface area contributed by atoms with Gasteiger partial charge in [0.25, 0.3) is 0 Å². The molecule has 1 aromatic carbocycles. The quantitative estimate of drug-likeness (QED) is 0.576. The van der Waals surface area contributed by atoms with Gasteiger partial charge in [-0.2, -0.15) is 5.10 Å². The normalized spacial score (nSPS) is 11.3. The van der Waals surface area contributed by atoms with Crippen molar-refractivity contribution >= 4 is 22.2 Å². The Balaban J connectivity index is 3.30. The van der Waals surface area contributed by atoms with Gasteiger partial charge in [-0.25, -0.2) is 18.0 Å². The Labute approximate surface area is 116 Å². The van der Waals surface area contributed by atoms with Crippen LogP contribution in [0, 0.1) is 0 Å². The molecule has 0 unspecified atom stereocenters. The van der Waals surface area contributed by atoms with E-state index in [2.05, 4.69) is 5.10 Å². The van der Waals surface area contributed by atoms with Gasteiger partial charge >= 0.3 is 5.97 Å². The van der Waals surface area contributed by atoms with Crippen LogP contribution in [0.5, 0.6) is 11.5 Å². The average molecular weight is 302 g/mol.